The zero-order valence-electron chi connectivity index (χ0n) is 15.0. The average Bonchev–Trinajstić information content (AvgIpc) is 2.63. The SMILES string of the molecule is COC(=O)c1ccc(OC(=O)CCCOc2cc(C)c(Cl)c(C)c2)cc1. The predicted octanol–water partition coefficient (Wildman–Crippen LogP) is 4.51. The minimum Gasteiger partial charge on any atom is -0.494 e. The molecule has 2 rings (SSSR count). The van der Waals surface area contributed by atoms with E-state index in [1.165, 1.54) is 7.11 Å². The van der Waals surface area contributed by atoms with Crippen LogP contribution in [-0.2, 0) is 9.53 Å². The Bertz CT molecular complexity index is 760. The maximum absolute atomic E-state index is 11.9. The van der Waals surface area contributed by atoms with Crippen LogP contribution in [0.15, 0.2) is 36.4 Å². The van der Waals surface area contributed by atoms with Gasteiger partial charge in [-0.25, -0.2) is 4.79 Å². The van der Waals surface area contributed by atoms with Crippen molar-refractivity contribution in [1.29, 1.82) is 0 Å². The molecule has 0 saturated heterocycles. The molecule has 0 aliphatic rings. The van der Waals surface area contributed by atoms with Gasteiger partial charge in [0, 0.05) is 11.4 Å². The quantitative estimate of drug-likeness (QED) is 0.404. The number of carbonyl (C=O) groups is 2. The highest BCUT2D eigenvalue weighted by atomic mass is 35.5. The number of aryl methyl sites for hydroxylation is 2. The molecule has 0 heterocycles. The molecule has 0 amide bonds. The molecule has 0 fully saturated rings. The first-order valence-electron chi connectivity index (χ1n) is 8.19. The summed E-state index contributed by atoms with van der Waals surface area (Å²) in [5.74, 6) is 0.319. The lowest BCUT2D eigenvalue weighted by molar-refractivity contribution is -0.134. The van der Waals surface area contributed by atoms with E-state index in [1.54, 1.807) is 24.3 Å². The third-order valence-corrected chi connectivity index (χ3v) is 4.31. The van der Waals surface area contributed by atoms with Crippen LogP contribution >= 0.6 is 11.6 Å². The van der Waals surface area contributed by atoms with E-state index in [9.17, 15) is 9.59 Å². The molecule has 0 N–H and O–H groups in total. The van der Waals surface area contributed by atoms with Crippen LogP contribution in [-0.4, -0.2) is 25.7 Å². The van der Waals surface area contributed by atoms with E-state index in [0.717, 1.165) is 21.9 Å². The number of rotatable bonds is 7. The van der Waals surface area contributed by atoms with Crippen LogP contribution in [0.1, 0.15) is 34.3 Å². The summed E-state index contributed by atoms with van der Waals surface area (Å²) < 4.78 is 15.5. The Balaban J connectivity index is 1.76. The van der Waals surface area contributed by atoms with Crippen LogP contribution in [0.4, 0.5) is 0 Å². The average molecular weight is 377 g/mol. The zero-order valence-corrected chi connectivity index (χ0v) is 15.8. The summed E-state index contributed by atoms with van der Waals surface area (Å²) in [5.41, 5.74) is 2.31. The molecule has 0 aliphatic carbocycles. The fraction of sp³-hybridized carbons (Fsp3) is 0.300. The highest BCUT2D eigenvalue weighted by Gasteiger charge is 2.09. The van der Waals surface area contributed by atoms with Gasteiger partial charge in [-0.1, -0.05) is 11.6 Å². The molecule has 0 saturated carbocycles. The number of ether oxygens (including phenoxy) is 3. The van der Waals surface area contributed by atoms with Crippen LogP contribution in [0.25, 0.3) is 0 Å². The highest BCUT2D eigenvalue weighted by molar-refractivity contribution is 6.32. The molecular formula is C20H21ClO5. The summed E-state index contributed by atoms with van der Waals surface area (Å²) in [4.78, 5) is 23.2. The Morgan fingerprint density at radius 3 is 2.19 bits per heavy atom. The van der Waals surface area contributed by atoms with E-state index in [2.05, 4.69) is 4.74 Å². The maximum atomic E-state index is 11.9. The third kappa shape index (κ3) is 5.49. The number of benzene rings is 2. The number of methoxy groups -OCH3 is 1. The van der Waals surface area contributed by atoms with Gasteiger partial charge in [0.15, 0.2) is 0 Å². The third-order valence-electron chi connectivity index (χ3n) is 3.71. The van der Waals surface area contributed by atoms with Crippen molar-refractivity contribution in [3.05, 3.63) is 58.1 Å². The van der Waals surface area contributed by atoms with Crippen molar-refractivity contribution in [3.8, 4) is 11.5 Å². The molecule has 0 radical (unpaired) electrons. The number of halogens is 1. The molecule has 0 spiro atoms. The standard InChI is InChI=1S/C20H21ClO5/c1-13-11-17(12-14(2)19(13)21)25-10-4-5-18(22)26-16-8-6-15(7-9-16)20(23)24-3/h6-9,11-12H,4-5,10H2,1-3H3. The van der Waals surface area contributed by atoms with Gasteiger partial charge >= 0.3 is 11.9 Å². The second-order valence-electron chi connectivity index (χ2n) is 5.81. The van der Waals surface area contributed by atoms with Gasteiger partial charge in [-0.05, 0) is 67.8 Å². The van der Waals surface area contributed by atoms with Crippen LogP contribution in [0.5, 0.6) is 11.5 Å². The molecule has 2 aromatic carbocycles. The molecule has 0 atom stereocenters. The Morgan fingerprint density at radius 1 is 1.00 bits per heavy atom. The molecular weight excluding hydrogens is 356 g/mol. The summed E-state index contributed by atoms with van der Waals surface area (Å²) in [6.07, 6.45) is 0.754. The lowest BCUT2D eigenvalue weighted by Crippen LogP contribution is -2.10. The Morgan fingerprint density at radius 2 is 1.62 bits per heavy atom. The number of carbonyl (C=O) groups excluding carboxylic acids is 2. The summed E-state index contributed by atoms with van der Waals surface area (Å²) >= 11 is 6.12. The molecule has 26 heavy (non-hydrogen) atoms. The summed E-state index contributed by atoms with van der Waals surface area (Å²) in [7, 11) is 1.31. The second kappa shape index (κ2) is 9.25. The van der Waals surface area contributed by atoms with E-state index in [0.29, 0.717) is 24.3 Å². The van der Waals surface area contributed by atoms with Gasteiger partial charge in [-0.2, -0.15) is 0 Å². The van der Waals surface area contributed by atoms with E-state index in [-0.39, 0.29) is 12.4 Å². The highest BCUT2D eigenvalue weighted by Crippen LogP contribution is 2.26. The van der Waals surface area contributed by atoms with Gasteiger partial charge in [0.25, 0.3) is 0 Å². The first-order valence-corrected chi connectivity index (χ1v) is 8.57. The van der Waals surface area contributed by atoms with Crippen molar-refractivity contribution in [1.82, 2.24) is 0 Å². The van der Waals surface area contributed by atoms with Crippen molar-refractivity contribution >= 4 is 23.5 Å². The van der Waals surface area contributed by atoms with Crippen molar-refractivity contribution in [2.45, 2.75) is 26.7 Å². The van der Waals surface area contributed by atoms with Crippen molar-refractivity contribution < 1.29 is 23.8 Å². The largest absolute Gasteiger partial charge is 0.494 e. The van der Waals surface area contributed by atoms with Crippen molar-refractivity contribution in [2.75, 3.05) is 13.7 Å². The topological polar surface area (TPSA) is 61.8 Å². The number of esters is 2. The maximum Gasteiger partial charge on any atom is 0.337 e. The van der Waals surface area contributed by atoms with Gasteiger partial charge in [-0.15, -0.1) is 0 Å². The summed E-state index contributed by atoms with van der Waals surface area (Å²) in [6, 6.07) is 9.94. The van der Waals surface area contributed by atoms with Gasteiger partial charge in [0.2, 0.25) is 0 Å². The lowest BCUT2D eigenvalue weighted by Gasteiger charge is -2.10. The smallest absolute Gasteiger partial charge is 0.337 e. The first kappa shape index (κ1) is 19.8. The molecule has 0 bridgehead atoms. The van der Waals surface area contributed by atoms with Crippen LogP contribution in [0.2, 0.25) is 5.02 Å². The minimum absolute atomic E-state index is 0.226. The van der Waals surface area contributed by atoms with E-state index >= 15 is 0 Å². The number of hydrogen-bond donors (Lipinski definition) is 0. The van der Waals surface area contributed by atoms with Gasteiger partial charge in [0.05, 0.1) is 19.3 Å². The first-order chi connectivity index (χ1) is 12.4. The Kier molecular flexibility index (Phi) is 7.04. The zero-order chi connectivity index (χ0) is 19.1. The van der Waals surface area contributed by atoms with Gasteiger partial charge in [-0.3, -0.25) is 4.79 Å². The summed E-state index contributed by atoms with van der Waals surface area (Å²) in [6.45, 7) is 4.24. The van der Waals surface area contributed by atoms with Crippen LogP contribution in [0, 0.1) is 13.8 Å². The van der Waals surface area contributed by atoms with E-state index in [4.69, 9.17) is 21.1 Å². The molecule has 5 nitrogen and oxygen atoms in total. The van der Waals surface area contributed by atoms with Crippen molar-refractivity contribution in [3.63, 3.8) is 0 Å². The monoisotopic (exact) mass is 376 g/mol. The molecule has 6 heteroatoms. The molecule has 0 unspecified atom stereocenters. The second-order valence-corrected chi connectivity index (χ2v) is 6.19. The van der Waals surface area contributed by atoms with E-state index in [1.807, 2.05) is 26.0 Å². The van der Waals surface area contributed by atoms with Crippen molar-refractivity contribution in [2.24, 2.45) is 0 Å². The van der Waals surface area contributed by atoms with Gasteiger partial charge < -0.3 is 14.2 Å². The van der Waals surface area contributed by atoms with Gasteiger partial charge in [0.1, 0.15) is 11.5 Å². The fourth-order valence-corrected chi connectivity index (χ4v) is 2.46. The minimum atomic E-state index is -0.437. The molecule has 0 aliphatic heterocycles. The number of hydrogen-bond acceptors (Lipinski definition) is 5. The normalized spacial score (nSPS) is 10.3. The fourth-order valence-electron chi connectivity index (χ4n) is 2.36. The molecule has 0 aromatic heterocycles. The Labute approximate surface area is 157 Å². The lowest BCUT2D eigenvalue weighted by atomic mass is 10.1. The van der Waals surface area contributed by atoms with Crippen LogP contribution in [0.3, 0.4) is 0 Å². The molecule has 2 aromatic rings. The summed E-state index contributed by atoms with van der Waals surface area (Å²) in [5, 5.41) is 0.735. The molecule has 138 valence electrons. The van der Waals surface area contributed by atoms with E-state index < -0.39 is 5.97 Å². The Hall–Kier alpha value is -2.53. The predicted molar refractivity (Wildman–Crippen MR) is 99.1 cm³/mol. The van der Waals surface area contributed by atoms with Crippen LogP contribution < -0.4 is 9.47 Å².